The Kier molecular flexibility index (Phi) is 3.99. The van der Waals surface area contributed by atoms with Crippen molar-refractivity contribution in [2.45, 2.75) is 20.0 Å². The number of hydrogen-bond acceptors (Lipinski definition) is 3. The molecule has 3 heteroatoms. The topological polar surface area (TPSA) is 42.6 Å². The first kappa shape index (κ1) is 10.3. The minimum Gasteiger partial charge on any atom is -0.467 e. The third-order valence-electron chi connectivity index (χ3n) is 1.82. The van der Waals surface area contributed by atoms with Crippen LogP contribution in [0.15, 0.2) is 22.8 Å². The van der Waals surface area contributed by atoms with Crippen LogP contribution in [0.2, 0.25) is 0 Å². The number of aliphatic hydroxyl groups excluding tert-OH is 1. The summed E-state index contributed by atoms with van der Waals surface area (Å²) in [6.45, 7) is 4.52. The van der Waals surface area contributed by atoms with Crippen molar-refractivity contribution in [3.63, 3.8) is 0 Å². The largest absolute Gasteiger partial charge is 0.467 e. The highest BCUT2D eigenvalue weighted by atomic mass is 16.5. The molecule has 0 saturated heterocycles. The Hall–Kier alpha value is -0.800. The van der Waals surface area contributed by atoms with E-state index in [0.29, 0.717) is 12.5 Å². The summed E-state index contributed by atoms with van der Waals surface area (Å²) < 4.78 is 10.7. The normalized spacial score (nSPS) is 13.5. The van der Waals surface area contributed by atoms with Crippen LogP contribution < -0.4 is 0 Å². The molecule has 1 heterocycles. The van der Waals surface area contributed by atoms with Crippen LogP contribution in [-0.4, -0.2) is 18.3 Å². The molecule has 1 N–H and O–H groups in total. The Morgan fingerprint density at radius 2 is 2.31 bits per heavy atom. The van der Waals surface area contributed by atoms with Crippen LogP contribution >= 0.6 is 0 Å². The van der Waals surface area contributed by atoms with Crippen molar-refractivity contribution in [1.82, 2.24) is 0 Å². The summed E-state index contributed by atoms with van der Waals surface area (Å²) in [4.78, 5) is 0. The summed E-state index contributed by atoms with van der Waals surface area (Å²) >= 11 is 0. The van der Waals surface area contributed by atoms with Gasteiger partial charge in [0.25, 0.3) is 0 Å². The second-order valence-electron chi connectivity index (χ2n) is 3.27. The van der Waals surface area contributed by atoms with Crippen LogP contribution in [0.1, 0.15) is 25.7 Å². The molecule has 0 saturated carbocycles. The van der Waals surface area contributed by atoms with Crippen molar-refractivity contribution >= 4 is 0 Å². The SMILES string of the molecule is CC(C)C(OCCO)c1ccco1. The summed E-state index contributed by atoms with van der Waals surface area (Å²) in [7, 11) is 0. The third-order valence-corrected chi connectivity index (χ3v) is 1.82. The first-order chi connectivity index (χ1) is 6.25. The number of hydrogen-bond donors (Lipinski definition) is 1. The van der Waals surface area contributed by atoms with Gasteiger partial charge in [-0.2, -0.15) is 0 Å². The standard InChI is InChI=1S/C10H16O3/c1-8(2)10(13-7-5-11)9-4-3-6-12-9/h3-4,6,8,10-11H,5,7H2,1-2H3. The minimum absolute atomic E-state index is 0.0456. The van der Waals surface area contributed by atoms with Crippen molar-refractivity contribution in [2.75, 3.05) is 13.2 Å². The van der Waals surface area contributed by atoms with E-state index in [-0.39, 0.29) is 12.7 Å². The Labute approximate surface area is 78.3 Å². The number of aliphatic hydroxyl groups is 1. The fourth-order valence-corrected chi connectivity index (χ4v) is 1.24. The molecule has 0 aliphatic rings. The molecule has 0 aliphatic carbocycles. The van der Waals surface area contributed by atoms with Crippen LogP contribution in [0.5, 0.6) is 0 Å². The average molecular weight is 184 g/mol. The van der Waals surface area contributed by atoms with E-state index < -0.39 is 0 Å². The molecule has 0 fully saturated rings. The molecule has 1 rings (SSSR count). The van der Waals surface area contributed by atoms with Crippen molar-refractivity contribution in [3.05, 3.63) is 24.2 Å². The monoisotopic (exact) mass is 184 g/mol. The predicted molar refractivity (Wildman–Crippen MR) is 49.3 cm³/mol. The van der Waals surface area contributed by atoms with Crippen molar-refractivity contribution in [1.29, 1.82) is 0 Å². The predicted octanol–water partition coefficient (Wildman–Crippen LogP) is 1.99. The fraction of sp³-hybridized carbons (Fsp3) is 0.600. The van der Waals surface area contributed by atoms with E-state index in [9.17, 15) is 0 Å². The summed E-state index contributed by atoms with van der Waals surface area (Å²) in [5, 5.41) is 8.64. The zero-order chi connectivity index (χ0) is 9.68. The van der Waals surface area contributed by atoms with Crippen LogP contribution in [0, 0.1) is 5.92 Å². The van der Waals surface area contributed by atoms with E-state index in [4.69, 9.17) is 14.3 Å². The van der Waals surface area contributed by atoms with Crippen LogP contribution in [-0.2, 0) is 4.74 Å². The van der Waals surface area contributed by atoms with E-state index in [0.717, 1.165) is 5.76 Å². The first-order valence-corrected chi connectivity index (χ1v) is 4.51. The lowest BCUT2D eigenvalue weighted by Gasteiger charge is -2.18. The molecule has 0 bridgehead atoms. The van der Waals surface area contributed by atoms with E-state index in [1.165, 1.54) is 0 Å². The molecule has 0 aromatic carbocycles. The maximum atomic E-state index is 8.64. The van der Waals surface area contributed by atoms with Crippen molar-refractivity contribution in [2.24, 2.45) is 5.92 Å². The zero-order valence-corrected chi connectivity index (χ0v) is 8.06. The molecule has 1 aromatic rings. The minimum atomic E-state index is -0.0536. The third kappa shape index (κ3) is 2.86. The molecule has 0 aliphatic heterocycles. The number of furan rings is 1. The summed E-state index contributed by atoms with van der Waals surface area (Å²) in [6.07, 6.45) is 1.58. The summed E-state index contributed by atoms with van der Waals surface area (Å²) in [5.41, 5.74) is 0. The quantitative estimate of drug-likeness (QED) is 0.760. The highest BCUT2D eigenvalue weighted by Crippen LogP contribution is 2.25. The van der Waals surface area contributed by atoms with Gasteiger partial charge in [0.2, 0.25) is 0 Å². The Balaban J connectivity index is 2.58. The molecule has 1 aromatic heterocycles. The van der Waals surface area contributed by atoms with E-state index >= 15 is 0 Å². The maximum absolute atomic E-state index is 8.64. The van der Waals surface area contributed by atoms with Gasteiger partial charge in [0.15, 0.2) is 0 Å². The highest BCUT2D eigenvalue weighted by Gasteiger charge is 2.18. The lowest BCUT2D eigenvalue weighted by molar-refractivity contribution is -0.0103. The molecule has 0 amide bonds. The maximum Gasteiger partial charge on any atom is 0.132 e. The lowest BCUT2D eigenvalue weighted by Crippen LogP contribution is -2.12. The molecule has 0 radical (unpaired) electrons. The lowest BCUT2D eigenvalue weighted by atomic mass is 10.1. The second-order valence-corrected chi connectivity index (χ2v) is 3.27. The Morgan fingerprint density at radius 1 is 1.54 bits per heavy atom. The summed E-state index contributed by atoms with van der Waals surface area (Å²) in [6, 6.07) is 3.73. The molecule has 74 valence electrons. The molecular formula is C10H16O3. The average Bonchev–Trinajstić information content (AvgIpc) is 2.57. The molecule has 3 nitrogen and oxygen atoms in total. The van der Waals surface area contributed by atoms with Gasteiger partial charge in [0.05, 0.1) is 19.5 Å². The number of ether oxygens (including phenoxy) is 1. The Bertz CT molecular complexity index is 216. The van der Waals surface area contributed by atoms with Gasteiger partial charge >= 0.3 is 0 Å². The molecule has 1 atom stereocenters. The smallest absolute Gasteiger partial charge is 0.132 e. The molecule has 0 spiro atoms. The van der Waals surface area contributed by atoms with Gasteiger partial charge in [-0.1, -0.05) is 13.8 Å². The van der Waals surface area contributed by atoms with E-state index in [1.54, 1.807) is 6.26 Å². The molecule has 13 heavy (non-hydrogen) atoms. The van der Waals surface area contributed by atoms with Crippen molar-refractivity contribution < 1.29 is 14.3 Å². The van der Waals surface area contributed by atoms with Gasteiger partial charge in [-0.15, -0.1) is 0 Å². The summed E-state index contributed by atoms with van der Waals surface area (Å²) in [5.74, 6) is 1.17. The van der Waals surface area contributed by atoms with E-state index in [1.807, 2.05) is 12.1 Å². The first-order valence-electron chi connectivity index (χ1n) is 4.51. The van der Waals surface area contributed by atoms with Gasteiger partial charge in [-0.25, -0.2) is 0 Å². The van der Waals surface area contributed by atoms with Gasteiger partial charge in [-0.05, 0) is 18.1 Å². The van der Waals surface area contributed by atoms with Gasteiger partial charge in [0.1, 0.15) is 11.9 Å². The van der Waals surface area contributed by atoms with Crippen LogP contribution in [0.3, 0.4) is 0 Å². The Morgan fingerprint density at radius 3 is 2.77 bits per heavy atom. The fourth-order valence-electron chi connectivity index (χ4n) is 1.24. The second kappa shape index (κ2) is 5.04. The van der Waals surface area contributed by atoms with Gasteiger partial charge in [0, 0.05) is 0 Å². The molecule has 1 unspecified atom stereocenters. The van der Waals surface area contributed by atoms with Gasteiger partial charge < -0.3 is 14.3 Å². The number of rotatable bonds is 5. The highest BCUT2D eigenvalue weighted by molar-refractivity contribution is 5.02. The van der Waals surface area contributed by atoms with Crippen LogP contribution in [0.25, 0.3) is 0 Å². The van der Waals surface area contributed by atoms with Gasteiger partial charge in [-0.3, -0.25) is 0 Å². The molecular weight excluding hydrogens is 168 g/mol. The van der Waals surface area contributed by atoms with E-state index in [2.05, 4.69) is 13.8 Å². The zero-order valence-electron chi connectivity index (χ0n) is 8.06. The van der Waals surface area contributed by atoms with Crippen LogP contribution in [0.4, 0.5) is 0 Å². The van der Waals surface area contributed by atoms with Crippen molar-refractivity contribution in [3.8, 4) is 0 Å².